The lowest BCUT2D eigenvalue weighted by atomic mass is 9.97. The normalized spacial score (nSPS) is 13.8. The number of rotatable bonds is 5. The van der Waals surface area contributed by atoms with Crippen LogP contribution in [0.2, 0.25) is 0 Å². The fraction of sp³-hybridized carbons (Fsp3) is 0.474. The Morgan fingerprint density at radius 3 is 2.68 bits per heavy atom. The Balaban J connectivity index is 1.79. The number of aromatic nitrogens is 2. The molecular weight excluding hydrogens is 318 g/mol. The van der Waals surface area contributed by atoms with Crippen molar-refractivity contribution in [1.29, 1.82) is 0 Å². The van der Waals surface area contributed by atoms with Crippen LogP contribution in [0, 0.1) is 13.8 Å². The molecule has 0 saturated heterocycles. The highest BCUT2D eigenvalue weighted by Gasteiger charge is 2.26. The van der Waals surface area contributed by atoms with Gasteiger partial charge in [-0.05, 0) is 45.4 Å². The van der Waals surface area contributed by atoms with Crippen LogP contribution >= 0.6 is 0 Å². The molecule has 1 aliphatic rings. The minimum atomic E-state index is -0.220. The number of carbonyl (C=O) groups excluding carboxylic acids is 1. The van der Waals surface area contributed by atoms with Crippen molar-refractivity contribution in [2.75, 3.05) is 13.3 Å². The van der Waals surface area contributed by atoms with Gasteiger partial charge in [0, 0.05) is 31.4 Å². The average Bonchev–Trinajstić information content (AvgIpc) is 3.15. The molecule has 2 aromatic rings. The Hall–Kier alpha value is -2.50. The van der Waals surface area contributed by atoms with Gasteiger partial charge >= 0.3 is 0 Å². The molecule has 134 valence electrons. The van der Waals surface area contributed by atoms with Gasteiger partial charge in [-0.2, -0.15) is 5.10 Å². The minimum Gasteiger partial charge on any atom is -0.454 e. The number of hydrogen-bond acceptors (Lipinski definition) is 4. The molecule has 25 heavy (non-hydrogen) atoms. The van der Waals surface area contributed by atoms with Crippen LogP contribution in [0.4, 0.5) is 0 Å². The average molecular weight is 343 g/mol. The Morgan fingerprint density at radius 1 is 1.32 bits per heavy atom. The Bertz CT molecular complexity index is 797. The van der Waals surface area contributed by atoms with Crippen molar-refractivity contribution in [3.63, 3.8) is 0 Å². The van der Waals surface area contributed by atoms with Gasteiger partial charge in [0.15, 0.2) is 11.5 Å². The number of ether oxygens (including phenoxy) is 2. The SMILES string of the molecule is CCN(Cc1ccc2c(c1)OCO2)C(=O)[C@H](C)c1c(C)nn(C)c1C. The summed E-state index contributed by atoms with van der Waals surface area (Å²) in [6.45, 7) is 9.38. The van der Waals surface area contributed by atoms with Gasteiger partial charge in [-0.1, -0.05) is 6.07 Å². The van der Waals surface area contributed by atoms with Gasteiger partial charge in [-0.3, -0.25) is 9.48 Å². The van der Waals surface area contributed by atoms with Crippen molar-refractivity contribution in [2.24, 2.45) is 7.05 Å². The van der Waals surface area contributed by atoms with E-state index >= 15 is 0 Å². The van der Waals surface area contributed by atoms with E-state index in [1.165, 1.54) is 0 Å². The van der Waals surface area contributed by atoms with Crippen LogP contribution in [0.15, 0.2) is 18.2 Å². The summed E-state index contributed by atoms with van der Waals surface area (Å²) in [5.74, 6) is 1.39. The standard InChI is InChI=1S/C19H25N3O3/c1-6-22(10-15-7-8-16-17(9-15)25-11-24-16)19(23)12(2)18-13(3)20-21(5)14(18)4/h7-9,12H,6,10-11H2,1-5H3/t12-/m1/s1. The highest BCUT2D eigenvalue weighted by Crippen LogP contribution is 2.33. The van der Waals surface area contributed by atoms with Crippen LogP contribution in [0.25, 0.3) is 0 Å². The first kappa shape index (κ1) is 17.3. The number of fused-ring (bicyclic) bond motifs is 1. The van der Waals surface area contributed by atoms with Crippen molar-refractivity contribution >= 4 is 5.91 Å². The predicted octanol–water partition coefficient (Wildman–Crippen LogP) is 2.92. The van der Waals surface area contributed by atoms with Gasteiger partial charge < -0.3 is 14.4 Å². The first-order chi connectivity index (χ1) is 11.9. The number of aryl methyl sites for hydroxylation is 2. The molecule has 0 saturated carbocycles. The largest absolute Gasteiger partial charge is 0.454 e. The number of benzene rings is 1. The third kappa shape index (κ3) is 3.21. The highest BCUT2D eigenvalue weighted by atomic mass is 16.7. The number of nitrogens with zero attached hydrogens (tertiary/aromatic N) is 3. The maximum atomic E-state index is 13.1. The van der Waals surface area contributed by atoms with E-state index in [0.717, 1.165) is 34.0 Å². The Kier molecular flexibility index (Phi) is 4.70. The molecule has 1 aromatic heterocycles. The fourth-order valence-corrected chi connectivity index (χ4v) is 3.42. The van der Waals surface area contributed by atoms with E-state index in [9.17, 15) is 4.79 Å². The topological polar surface area (TPSA) is 56.6 Å². The molecule has 0 aliphatic carbocycles. The second-order valence-electron chi connectivity index (χ2n) is 6.47. The summed E-state index contributed by atoms with van der Waals surface area (Å²) in [6.07, 6.45) is 0. The van der Waals surface area contributed by atoms with Crippen molar-refractivity contribution in [1.82, 2.24) is 14.7 Å². The molecule has 6 nitrogen and oxygen atoms in total. The summed E-state index contributed by atoms with van der Waals surface area (Å²) in [6, 6.07) is 5.83. The van der Waals surface area contributed by atoms with Gasteiger partial charge in [-0.15, -0.1) is 0 Å². The lowest BCUT2D eigenvalue weighted by Gasteiger charge is -2.25. The van der Waals surface area contributed by atoms with E-state index in [0.29, 0.717) is 13.1 Å². The van der Waals surface area contributed by atoms with Gasteiger partial charge in [-0.25, -0.2) is 0 Å². The number of likely N-dealkylation sites (N-methyl/N-ethyl adjacent to an activating group) is 1. The van der Waals surface area contributed by atoms with Crippen LogP contribution in [-0.4, -0.2) is 33.9 Å². The molecule has 1 atom stereocenters. The summed E-state index contributed by atoms with van der Waals surface area (Å²) in [4.78, 5) is 14.9. The first-order valence-electron chi connectivity index (χ1n) is 8.59. The molecule has 1 amide bonds. The molecule has 0 N–H and O–H groups in total. The molecule has 1 aromatic carbocycles. The van der Waals surface area contributed by atoms with Crippen LogP contribution in [-0.2, 0) is 18.4 Å². The molecule has 1 aliphatic heterocycles. The van der Waals surface area contributed by atoms with Crippen LogP contribution in [0.5, 0.6) is 11.5 Å². The van der Waals surface area contributed by atoms with Gasteiger partial charge in [0.2, 0.25) is 12.7 Å². The summed E-state index contributed by atoms with van der Waals surface area (Å²) in [7, 11) is 1.91. The molecule has 0 bridgehead atoms. The van der Waals surface area contributed by atoms with E-state index in [-0.39, 0.29) is 18.6 Å². The number of amides is 1. The van der Waals surface area contributed by atoms with Gasteiger partial charge in [0.1, 0.15) is 0 Å². The maximum Gasteiger partial charge on any atom is 0.231 e. The van der Waals surface area contributed by atoms with E-state index in [1.54, 1.807) is 0 Å². The number of carbonyl (C=O) groups is 1. The van der Waals surface area contributed by atoms with Crippen molar-refractivity contribution in [3.05, 3.63) is 40.7 Å². The van der Waals surface area contributed by atoms with Crippen LogP contribution in [0.3, 0.4) is 0 Å². The smallest absolute Gasteiger partial charge is 0.231 e. The molecule has 6 heteroatoms. The molecule has 0 radical (unpaired) electrons. The second-order valence-corrected chi connectivity index (χ2v) is 6.47. The lowest BCUT2D eigenvalue weighted by Crippen LogP contribution is -2.34. The zero-order valence-electron chi connectivity index (χ0n) is 15.5. The monoisotopic (exact) mass is 343 g/mol. The third-order valence-electron chi connectivity index (χ3n) is 4.87. The van der Waals surface area contributed by atoms with E-state index in [1.807, 2.05) is 62.5 Å². The summed E-state index contributed by atoms with van der Waals surface area (Å²) in [5.41, 5.74) is 4.01. The second kappa shape index (κ2) is 6.78. The Labute approximate surface area is 148 Å². The van der Waals surface area contributed by atoms with Gasteiger partial charge in [0.05, 0.1) is 11.6 Å². The fourth-order valence-electron chi connectivity index (χ4n) is 3.42. The van der Waals surface area contributed by atoms with Crippen LogP contribution in [0.1, 0.15) is 42.3 Å². The Morgan fingerprint density at radius 2 is 2.04 bits per heavy atom. The summed E-state index contributed by atoms with van der Waals surface area (Å²) in [5, 5.41) is 4.44. The zero-order valence-corrected chi connectivity index (χ0v) is 15.5. The van der Waals surface area contributed by atoms with E-state index < -0.39 is 0 Å². The highest BCUT2D eigenvalue weighted by molar-refractivity contribution is 5.84. The molecule has 0 unspecified atom stereocenters. The van der Waals surface area contributed by atoms with Crippen molar-refractivity contribution in [3.8, 4) is 11.5 Å². The molecule has 0 spiro atoms. The molecule has 2 heterocycles. The van der Waals surface area contributed by atoms with Crippen LogP contribution < -0.4 is 9.47 Å². The van der Waals surface area contributed by atoms with Gasteiger partial charge in [0.25, 0.3) is 0 Å². The lowest BCUT2D eigenvalue weighted by molar-refractivity contribution is -0.132. The van der Waals surface area contributed by atoms with Crippen molar-refractivity contribution in [2.45, 2.75) is 40.2 Å². The molecular formula is C19H25N3O3. The predicted molar refractivity (Wildman–Crippen MR) is 94.8 cm³/mol. The zero-order chi connectivity index (χ0) is 18.1. The van der Waals surface area contributed by atoms with Crippen molar-refractivity contribution < 1.29 is 14.3 Å². The molecule has 3 rings (SSSR count). The minimum absolute atomic E-state index is 0.111. The van der Waals surface area contributed by atoms with E-state index in [4.69, 9.17) is 9.47 Å². The first-order valence-corrected chi connectivity index (χ1v) is 8.59. The quantitative estimate of drug-likeness (QED) is 0.838. The maximum absolute atomic E-state index is 13.1. The summed E-state index contributed by atoms with van der Waals surface area (Å²) < 4.78 is 12.6. The number of hydrogen-bond donors (Lipinski definition) is 0. The summed E-state index contributed by atoms with van der Waals surface area (Å²) >= 11 is 0. The third-order valence-corrected chi connectivity index (χ3v) is 4.87. The van der Waals surface area contributed by atoms with E-state index in [2.05, 4.69) is 5.10 Å². The molecule has 0 fully saturated rings.